The maximum Gasteiger partial charge on any atom is 0.311 e. The van der Waals surface area contributed by atoms with Crippen LogP contribution in [0.5, 0.6) is 17.2 Å². The molecule has 1 aliphatic heterocycles. The van der Waals surface area contributed by atoms with E-state index >= 15 is 0 Å². The molecule has 0 atom stereocenters. The normalized spacial score (nSPS) is 13.7. The fourth-order valence-corrected chi connectivity index (χ4v) is 4.18. The molecule has 1 saturated heterocycles. The average Bonchev–Trinajstić information content (AvgIpc) is 2.91. The number of ether oxygens (including phenoxy) is 4. The van der Waals surface area contributed by atoms with Crippen LogP contribution in [0.2, 0.25) is 0 Å². The minimum absolute atomic E-state index is 0.0131. The monoisotopic (exact) mass is 570 g/mol. The third kappa shape index (κ3) is 8.07. The van der Waals surface area contributed by atoms with Crippen LogP contribution in [0, 0.1) is 11.3 Å². The highest BCUT2D eigenvalue weighted by Crippen LogP contribution is 2.30. The van der Waals surface area contributed by atoms with Crippen molar-refractivity contribution in [1.82, 2.24) is 4.90 Å². The molecule has 0 N–H and O–H groups in total. The maximum atomic E-state index is 12.6. The largest absolute Gasteiger partial charge is 0.493 e. The average molecular weight is 571 g/mol. The predicted molar refractivity (Wildman–Crippen MR) is 143 cm³/mol. The van der Waals surface area contributed by atoms with Crippen LogP contribution in [0.1, 0.15) is 43.7 Å². The van der Waals surface area contributed by atoms with E-state index in [0.29, 0.717) is 56.6 Å². The maximum absolute atomic E-state index is 12.6. The molecule has 37 heavy (non-hydrogen) atoms. The number of benzene rings is 2. The molecule has 3 rings (SSSR count). The zero-order chi connectivity index (χ0) is 26.8. The third-order valence-corrected chi connectivity index (χ3v) is 6.40. The van der Waals surface area contributed by atoms with Gasteiger partial charge in [-0.2, -0.15) is 5.26 Å². The lowest BCUT2D eigenvalue weighted by molar-refractivity contribution is -0.134. The molecule has 1 aliphatic rings. The van der Waals surface area contributed by atoms with Gasteiger partial charge in [-0.3, -0.25) is 9.59 Å². The van der Waals surface area contributed by atoms with Crippen LogP contribution in [0.15, 0.2) is 46.4 Å². The van der Waals surface area contributed by atoms with E-state index in [2.05, 4.69) is 29.8 Å². The van der Waals surface area contributed by atoms with E-state index in [1.54, 1.807) is 23.1 Å². The van der Waals surface area contributed by atoms with Crippen molar-refractivity contribution in [2.24, 2.45) is 0 Å². The number of nitrogens with zero attached hydrogens (tertiary/aromatic N) is 2. The van der Waals surface area contributed by atoms with Crippen molar-refractivity contribution >= 4 is 33.9 Å². The Hall–Kier alpha value is -3.35. The summed E-state index contributed by atoms with van der Waals surface area (Å²) < 4.78 is 22.8. The number of carbonyl (C=O) groups excluding carboxylic acids is 2. The Balaban J connectivity index is 1.55. The molecule has 8 nitrogen and oxygen atoms in total. The lowest BCUT2D eigenvalue weighted by atomic mass is 10.0. The summed E-state index contributed by atoms with van der Waals surface area (Å²) in [5.41, 5.74) is 1.81. The van der Waals surface area contributed by atoms with Gasteiger partial charge in [0, 0.05) is 19.5 Å². The summed E-state index contributed by atoms with van der Waals surface area (Å²) in [7, 11) is 1.46. The smallest absolute Gasteiger partial charge is 0.311 e. The van der Waals surface area contributed by atoms with Gasteiger partial charge in [0.15, 0.2) is 11.5 Å². The van der Waals surface area contributed by atoms with E-state index in [-0.39, 0.29) is 23.7 Å². The molecule has 0 aromatic heterocycles. The summed E-state index contributed by atoms with van der Waals surface area (Å²) in [4.78, 5) is 26.6. The van der Waals surface area contributed by atoms with Gasteiger partial charge in [0.05, 0.1) is 31.4 Å². The minimum Gasteiger partial charge on any atom is -0.493 e. The first-order chi connectivity index (χ1) is 17.8. The van der Waals surface area contributed by atoms with Gasteiger partial charge in [-0.05, 0) is 69.7 Å². The van der Waals surface area contributed by atoms with Crippen molar-refractivity contribution in [3.63, 3.8) is 0 Å². The molecule has 0 bridgehead atoms. The fourth-order valence-electron chi connectivity index (χ4n) is 3.67. The van der Waals surface area contributed by atoms with Gasteiger partial charge >= 0.3 is 5.97 Å². The number of halogens is 1. The van der Waals surface area contributed by atoms with Crippen LogP contribution in [0.25, 0.3) is 6.08 Å². The zero-order valence-corrected chi connectivity index (χ0v) is 22.9. The Labute approximate surface area is 225 Å². The molecule has 9 heteroatoms. The summed E-state index contributed by atoms with van der Waals surface area (Å²) in [6.07, 6.45) is 2.14. The van der Waals surface area contributed by atoms with Crippen LogP contribution in [-0.2, 0) is 14.3 Å². The van der Waals surface area contributed by atoms with Gasteiger partial charge in [0.1, 0.15) is 17.4 Å². The number of methoxy groups -OCH3 is 1. The molecule has 0 saturated carbocycles. The summed E-state index contributed by atoms with van der Waals surface area (Å²) in [5, 5.41) is 9.50. The van der Waals surface area contributed by atoms with Crippen molar-refractivity contribution in [2.75, 3.05) is 40.0 Å². The molecule has 0 unspecified atom stereocenters. The summed E-state index contributed by atoms with van der Waals surface area (Å²) in [6, 6.07) is 12.8. The molecule has 196 valence electrons. The van der Waals surface area contributed by atoms with Crippen LogP contribution < -0.4 is 14.2 Å². The molecular formula is C28H31BrN2O6. The topological polar surface area (TPSA) is 98.1 Å². The van der Waals surface area contributed by atoms with Gasteiger partial charge in [0.25, 0.3) is 5.91 Å². The lowest BCUT2D eigenvalue weighted by Gasteiger charge is -2.26. The number of morpholine rings is 1. The molecule has 1 amide bonds. The highest BCUT2D eigenvalue weighted by Gasteiger charge is 2.21. The lowest BCUT2D eigenvalue weighted by Crippen LogP contribution is -2.41. The molecule has 1 fully saturated rings. The molecular weight excluding hydrogens is 540 g/mol. The fraction of sp³-hybridized carbons (Fsp3) is 0.393. The second-order valence-electron chi connectivity index (χ2n) is 8.76. The Bertz CT molecular complexity index is 1180. The Morgan fingerprint density at radius 3 is 2.51 bits per heavy atom. The molecule has 0 aliphatic carbocycles. The van der Waals surface area contributed by atoms with Gasteiger partial charge in [0.2, 0.25) is 0 Å². The molecule has 0 spiro atoms. The van der Waals surface area contributed by atoms with E-state index in [4.69, 9.17) is 18.9 Å². The van der Waals surface area contributed by atoms with Gasteiger partial charge in [-0.1, -0.05) is 26.0 Å². The molecule has 0 radical (unpaired) electrons. The second kappa shape index (κ2) is 13.8. The highest BCUT2D eigenvalue weighted by molar-refractivity contribution is 9.10. The first-order valence-electron chi connectivity index (χ1n) is 12.1. The summed E-state index contributed by atoms with van der Waals surface area (Å²) in [5.74, 6) is 0.976. The molecule has 2 aromatic carbocycles. The van der Waals surface area contributed by atoms with Gasteiger partial charge < -0.3 is 23.8 Å². The molecule has 2 aromatic rings. The Kier molecular flexibility index (Phi) is 10.5. The first kappa shape index (κ1) is 28.2. The van der Waals surface area contributed by atoms with Gasteiger partial charge in [-0.15, -0.1) is 0 Å². The number of hydrogen-bond acceptors (Lipinski definition) is 7. The van der Waals surface area contributed by atoms with Crippen molar-refractivity contribution in [3.05, 3.63) is 57.6 Å². The number of hydrogen-bond donors (Lipinski definition) is 0. The van der Waals surface area contributed by atoms with Crippen LogP contribution in [0.4, 0.5) is 0 Å². The van der Waals surface area contributed by atoms with Crippen LogP contribution >= 0.6 is 15.9 Å². The number of nitriles is 1. The number of amides is 1. The first-order valence-corrected chi connectivity index (χ1v) is 12.9. The van der Waals surface area contributed by atoms with Gasteiger partial charge in [-0.25, -0.2) is 0 Å². The SMILES string of the molecule is COc1cc(/C=C(\C#N)C(=O)N2CCOCC2)ccc1OC(=O)CCCOc1ccc(C(C)C)cc1Br. The summed E-state index contributed by atoms with van der Waals surface area (Å²) >= 11 is 3.53. The Morgan fingerprint density at radius 2 is 1.86 bits per heavy atom. The van der Waals surface area contributed by atoms with Crippen molar-refractivity contribution in [1.29, 1.82) is 5.26 Å². The van der Waals surface area contributed by atoms with Crippen LogP contribution in [-0.4, -0.2) is 56.8 Å². The van der Waals surface area contributed by atoms with E-state index in [1.807, 2.05) is 24.3 Å². The quantitative estimate of drug-likeness (QED) is 0.129. The summed E-state index contributed by atoms with van der Waals surface area (Å²) in [6.45, 7) is 6.42. The van der Waals surface area contributed by atoms with E-state index in [9.17, 15) is 14.9 Å². The number of carbonyl (C=O) groups is 2. The van der Waals surface area contributed by atoms with E-state index in [0.717, 1.165) is 10.2 Å². The molecule has 1 heterocycles. The van der Waals surface area contributed by atoms with Crippen molar-refractivity contribution in [2.45, 2.75) is 32.6 Å². The standard InChI is InChI=1S/C28H31BrN2O6/c1-19(2)21-7-9-24(23(29)17-21)36-12-4-5-27(32)37-25-8-6-20(16-26(25)34-3)15-22(18-30)28(33)31-10-13-35-14-11-31/h6-9,15-17,19H,4-5,10-14H2,1-3H3/b22-15+. The second-order valence-corrected chi connectivity index (χ2v) is 9.61. The van der Waals surface area contributed by atoms with E-state index < -0.39 is 5.97 Å². The highest BCUT2D eigenvalue weighted by atomic mass is 79.9. The van der Waals surface area contributed by atoms with Crippen molar-refractivity contribution < 1.29 is 28.5 Å². The number of rotatable bonds is 10. The zero-order valence-electron chi connectivity index (χ0n) is 21.3. The third-order valence-electron chi connectivity index (χ3n) is 5.78. The number of esters is 1. The Morgan fingerprint density at radius 1 is 1.14 bits per heavy atom. The van der Waals surface area contributed by atoms with E-state index in [1.165, 1.54) is 18.7 Å². The van der Waals surface area contributed by atoms with Crippen molar-refractivity contribution in [3.8, 4) is 23.3 Å². The predicted octanol–water partition coefficient (Wildman–Crippen LogP) is 5.11. The van der Waals surface area contributed by atoms with Crippen LogP contribution in [0.3, 0.4) is 0 Å². The minimum atomic E-state index is -0.417.